The summed E-state index contributed by atoms with van der Waals surface area (Å²) in [6.07, 6.45) is 5.97. The van der Waals surface area contributed by atoms with Crippen molar-refractivity contribution in [3.63, 3.8) is 0 Å². The van der Waals surface area contributed by atoms with Gasteiger partial charge in [-0.2, -0.15) is 0 Å². The number of rotatable bonds is 2. The molecule has 2 aliphatic heterocycles. The maximum absolute atomic E-state index is 8.13. The molecule has 4 nitrogen and oxygen atoms in total. The van der Waals surface area contributed by atoms with Crippen LogP contribution in [0.5, 0.6) is 5.75 Å². The molecule has 2 heterocycles. The summed E-state index contributed by atoms with van der Waals surface area (Å²) in [4.78, 5) is 2.05. The summed E-state index contributed by atoms with van der Waals surface area (Å²) < 4.78 is 11.3. The van der Waals surface area contributed by atoms with E-state index in [1.165, 1.54) is 5.56 Å². The second kappa shape index (κ2) is 6.13. The van der Waals surface area contributed by atoms with Gasteiger partial charge in [0.15, 0.2) is 0 Å². The van der Waals surface area contributed by atoms with E-state index in [9.17, 15) is 0 Å². The molecule has 0 spiro atoms. The fraction of sp³-hybridized carbons (Fsp3) is 0.500. The molecular formula is C18H24N2O2. The van der Waals surface area contributed by atoms with Crippen LogP contribution in [0.25, 0.3) is 6.08 Å². The third-order valence-corrected chi connectivity index (χ3v) is 4.25. The van der Waals surface area contributed by atoms with Crippen molar-refractivity contribution < 1.29 is 9.47 Å². The number of morpholine rings is 1. The highest BCUT2D eigenvalue weighted by Crippen LogP contribution is 2.33. The normalized spacial score (nSPS) is 20.5. The fourth-order valence-electron chi connectivity index (χ4n) is 2.87. The molecule has 22 heavy (non-hydrogen) atoms. The average molecular weight is 300 g/mol. The molecule has 0 aliphatic carbocycles. The summed E-state index contributed by atoms with van der Waals surface area (Å²) in [7, 11) is 0. The van der Waals surface area contributed by atoms with Crippen LogP contribution in [-0.2, 0) is 11.2 Å². The Hall–Kier alpha value is -1.81. The van der Waals surface area contributed by atoms with Crippen LogP contribution in [0.2, 0.25) is 0 Å². The number of nitrogens with one attached hydrogen (secondary N) is 1. The first kappa shape index (κ1) is 15.1. The van der Waals surface area contributed by atoms with Gasteiger partial charge in [0.1, 0.15) is 17.2 Å². The second-order valence-electron chi connectivity index (χ2n) is 6.55. The predicted octanol–water partition coefficient (Wildman–Crippen LogP) is 3.11. The lowest BCUT2D eigenvalue weighted by molar-refractivity contribution is 0.0681. The van der Waals surface area contributed by atoms with Gasteiger partial charge in [-0.05, 0) is 56.0 Å². The van der Waals surface area contributed by atoms with Crippen molar-refractivity contribution >= 4 is 11.9 Å². The lowest BCUT2D eigenvalue weighted by Crippen LogP contribution is -2.39. The highest BCUT2D eigenvalue weighted by atomic mass is 16.5. The number of amidine groups is 1. The number of benzene rings is 1. The van der Waals surface area contributed by atoms with E-state index in [2.05, 4.69) is 26.0 Å². The number of fused-ring (bicyclic) bond motifs is 1. The summed E-state index contributed by atoms with van der Waals surface area (Å²) in [5.74, 6) is 1.55. The molecule has 2 aliphatic rings. The van der Waals surface area contributed by atoms with Gasteiger partial charge < -0.3 is 14.4 Å². The van der Waals surface area contributed by atoms with E-state index in [0.29, 0.717) is 19.0 Å². The van der Waals surface area contributed by atoms with Crippen molar-refractivity contribution in [2.75, 3.05) is 26.3 Å². The van der Waals surface area contributed by atoms with Crippen molar-refractivity contribution in [2.24, 2.45) is 0 Å². The summed E-state index contributed by atoms with van der Waals surface area (Å²) in [6.45, 7) is 7.29. The highest BCUT2D eigenvalue weighted by Gasteiger charge is 2.26. The minimum atomic E-state index is -0.0667. The first-order valence-corrected chi connectivity index (χ1v) is 7.95. The molecule has 1 N–H and O–H groups in total. The molecule has 0 amide bonds. The molecule has 0 atom stereocenters. The molecule has 0 radical (unpaired) electrons. The first-order valence-electron chi connectivity index (χ1n) is 7.95. The zero-order valence-corrected chi connectivity index (χ0v) is 13.4. The van der Waals surface area contributed by atoms with Gasteiger partial charge in [-0.25, -0.2) is 0 Å². The maximum Gasteiger partial charge on any atom is 0.123 e. The number of ether oxygens (including phenoxy) is 2. The van der Waals surface area contributed by atoms with E-state index in [1.54, 1.807) is 0 Å². The second-order valence-corrected chi connectivity index (χ2v) is 6.55. The molecule has 1 aromatic carbocycles. The molecule has 1 aromatic rings. The van der Waals surface area contributed by atoms with Crippen LogP contribution in [0.15, 0.2) is 24.3 Å². The number of aryl methyl sites for hydroxylation is 1. The van der Waals surface area contributed by atoms with E-state index in [4.69, 9.17) is 14.9 Å². The summed E-state index contributed by atoms with van der Waals surface area (Å²) in [6, 6.07) is 6.28. The Kier molecular flexibility index (Phi) is 4.21. The summed E-state index contributed by atoms with van der Waals surface area (Å²) in [5, 5.41) is 8.13. The van der Waals surface area contributed by atoms with Crippen LogP contribution in [0.3, 0.4) is 0 Å². The van der Waals surface area contributed by atoms with Crippen LogP contribution >= 0.6 is 0 Å². The molecular weight excluding hydrogens is 276 g/mol. The molecule has 1 fully saturated rings. The van der Waals surface area contributed by atoms with E-state index in [1.807, 2.05) is 23.1 Å². The van der Waals surface area contributed by atoms with Crippen LogP contribution < -0.4 is 4.74 Å². The van der Waals surface area contributed by atoms with Gasteiger partial charge in [0.25, 0.3) is 0 Å². The zero-order chi connectivity index (χ0) is 15.6. The topological polar surface area (TPSA) is 45.6 Å². The molecule has 0 unspecified atom stereocenters. The van der Waals surface area contributed by atoms with Crippen molar-refractivity contribution in [1.29, 1.82) is 5.41 Å². The summed E-state index contributed by atoms with van der Waals surface area (Å²) >= 11 is 0. The number of hydrogen-bond acceptors (Lipinski definition) is 3. The molecule has 4 heteroatoms. The predicted molar refractivity (Wildman–Crippen MR) is 88.6 cm³/mol. The maximum atomic E-state index is 8.13. The van der Waals surface area contributed by atoms with Gasteiger partial charge in [-0.3, -0.25) is 5.41 Å². The largest absolute Gasteiger partial charge is 0.488 e. The Morgan fingerprint density at radius 1 is 1.27 bits per heavy atom. The monoisotopic (exact) mass is 300 g/mol. The van der Waals surface area contributed by atoms with E-state index in [-0.39, 0.29) is 5.60 Å². The quantitative estimate of drug-likeness (QED) is 0.674. The SMILES string of the molecule is CC1(C)CCc2cc(/C=C/C(=N)N3CCOCC3)ccc2O1. The van der Waals surface area contributed by atoms with Gasteiger partial charge in [0, 0.05) is 13.1 Å². The third-order valence-electron chi connectivity index (χ3n) is 4.25. The Morgan fingerprint density at radius 3 is 2.82 bits per heavy atom. The van der Waals surface area contributed by atoms with Crippen molar-refractivity contribution in [1.82, 2.24) is 4.90 Å². The Bertz CT molecular complexity index is 587. The molecule has 0 bridgehead atoms. The first-order chi connectivity index (χ1) is 10.5. The zero-order valence-electron chi connectivity index (χ0n) is 13.4. The van der Waals surface area contributed by atoms with Crippen LogP contribution in [0.1, 0.15) is 31.4 Å². The lowest BCUT2D eigenvalue weighted by atomic mass is 9.93. The van der Waals surface area contributed by atoms with Crippen molar-refractivity contribution in [2.45, 2.75) is 32.3 Å². The minimum absolute atomic E-state index is 0.0667. The minimum Gasteiger partial charge on any atom is -0.488 e. The molecule has 0 aromatic heterocycles. The molecule has 3 rings (SSSR count). The lowest BCUT2D eigenvalue weighted by Gasteiger charge is -2.32. The summed E-state index contributed by atoms with van der Waals surface area (Å²) in [5.41, 5.74) is 2.32. The Labute approximate surface area is 132 Å². The van der Waals surface area contributed by atoms with Crippen molar-refractivity contribution in [3.8, 4) is 5.75 Å². The third kappa shape index (κ3) is 3.50. The highest BCUT2D eigenvalue weighted by molar-refractivity contribution is 5.94. The number of hydrogen-bond donors (Lipinski definition) is 1. The Balaban J connectivity index is 1.68. The standard InChI is InChI=1S/C18H24N2O2/c1-18(2)8-7-15-13-14(3-5-16(15)22-18)4-6-17(19)20-9-11-21-12-10-20/h3-6,13,19H,7-12H2,1-2H3/b6-4+,19-17?. The van der Waals surface area contributed by atoms with Crippen LogP contribution in [0, 0.1) is 5.41 Å². The van der Waals surface area contributed by atoms with Crippen LogP contribution in [-0.4, -0.2) is 42.6 Å². The van der Waals surface area contributed by atoms with Gasteiger partial charge in [-0.1, -0.05) is 12.1 Å². The molecule has 0 saturated carbocycles. The molecule has 118 valence electrons. The van der Waals surface area contributed by atoms with Crippen LogP contribution in [0.4, 0.5) is 0 Å². The van der Waals surface area contributed by atoms with E-state index in [0.717, 1.165) is 37.2 Å². The van der Waals surface area contributed by atoms with E-state index < -0.39 is 0 Å². The fourth-order valence-corrected chi connectivity index (χ4v) is 2.87. The van der Waals surface area contributed by atoms with Gasteiger partial charge in [-0.15, -0.1) is 0 Å². The average Bonchev–Trinajstić information content (AvgIpc) is 2.52. The molecule has 1 saturated heterocycles. The van der Waals surface area contributed by atoms with Crippen molar-refractivity contribution in [3.05, 3.63) is 35.4 Å². The van der Waals surface area contributed by atoms with E-state index >= 15 is 0 Å². The van der Waals surface area contributed by atoms with Gasteiger partial charge in [0.05, 0.1) is 13.2 Å². The van der Waals surface area contributed by atoms with Gasteiger partial charge in [0.2, 0.25) is 0 Å². The smallest absolute Gasteiger partial charge is 0.123 e. The van der Waals surface area contributed by atoms with Gasteiger partial charge >= 0.3 is 0 Å². The Morgan fingerprint density at radius 2 is 2.05 bits per heavy atom. The number of nitrogens with zero attached hydrogens (tertiary/aromatic N) is 1.